The first-order valence-electron chi connectivity index (χ1n) is 7.01. The van der Waals surface area contributed by atoms with Gasteiger partial charge in [-0.2, -0.15) is 0 Å². The van der Waals surface area contributed by atoms with Gasteiger partial charge in [0.2, 0.25) is 0 Å². The molecule has 1 saturated heterocycles. The minimum atomic E-state index is -1.01. The van der Waals surface area contributed by atoms with E-state index in [0.29, 0.717) is 36.5 Å². The molecule has 6 heteroatoms. The molecule has 1 aromatic rings. The quantitative estimate of drug-likeness (QED) is 0.865. The second-order valence-corrected chi connectivity index (χ2v) is 5.69. The average Bonchev–Trinajstić information content (AvgIpc) is 2.52. The van der Waals surface area contributed by atoms with Gasteiger partial charge in [0.15, 0.2) is 0 Å². The second-order valence-electron chi connectivity index (χ2n) is 5.25. The number of nitrogens with zero attached hydrogens (tertiary/aromatic N) is 1. The van der Waals surface area contributed by atoms with Crippen LogP contribution >= 0.6 is 11.6 Å². The maximum Gasteiger partial charge on any atom is 0.410 e. The Kier molecular flexibility index (Phi) is 5.08. The monoisotopic (exact) mass is 323 g/mol. The van der Waals surface area contributed by atoms with Crippen LogP contribution in [0.1, 0.15) is 18.4 Å². The number of ether oxygens (including phenoxy) is 1. The number of likely N-dealkylation sites (tertiary alicyclic amines) is 1. The lowest BCUT2D eigenvalue weighted by molar-refractivity contribution is -0.145. The molecule has 0 atom stereocenters. The zero-order chi connectivity index (χ0) is 16.2. The van der Waals surface area contributed by atoms with Crippen molar-refractivity contribution < 1.29 is 19.4 Å². The number of carboxylic acid groups (broad SMARTS) is 1. The van der Waals surface area contributed by atoms with E-state index < -0.39 is 17.5 Å². The van der Waals surface area contributed by atoms with E-state index in [1.807, 2.05) is 0 Å². The largest absolute Gasteiger partial charge is 0.481 e. The van der Waals surface area contributed by atoms with E-state index >= 15 is 0 Å². The molecule has 118 valence electrons. The Labute approximate surface area is 134 Å². The number of hydrogen-bond acceptors (Lipinski definition) is 3. The van der Waals surface area contributed by atoms with E-state index in [4.69, 9.17) is 16.3 Å². The van der Waals surface area contributed by atoms with Gasteiger partial charge in [-0.25, -0.2) is 4.79 Å². The molecule has 0 aromatic heterocycles. The van der Waals surface area contributed by atoms with Crippen LogP contribution in [0.2, 0.25) is 5.02 Å². The summed E-state index contributed by atoms with van der Waals surface area (Å²) in [5.74, 6) is -0.895. The van der Waals surface area contributed by atoms with Gasteiger partial charge < -0.3 is 14.7 Å². The molecule has 0 bridgehead atoms. The van der Waals surface area contributed by atoms with E-state index in [9.17, 15) is 14.7 Å². The predicted octanol–water partition coefficient (Wildman–Crippen LogP) is 3.08. The van der Waals surface area contributed by atoms with Crippen molar-refractivity contribution in [2.45, 2.75) is 18.3 Å². The lowest BCUT2D eigenvalue weighted by Gasteiger charge is -2.38. The van der Waals surface area contributed by atoms with Crippen LogP contribution in [0, 0.1) is 0 Å². The molecule has 0 aliphatic carbocycles. The van der Waals surface area contributed by atoms with Gasteiger partial charge in [0.1, 0.15) is 6.61 Å². The van der Waals surface area contributed by atoms with Gasteiger partial charge in [0.05, 0.1) is 5.41 Å². The smallest absolute Gasteiger partial charge is 0.410 e. The highest BCUT2D eigenvalue weighted by atomic mass is 35.5. The second kappa shape index (κ2) is 6.83. The number of halogens is 1. The fraction of sp³-hybridized carbons (Fsp3) is 0.375. The summed E-state index contributed by atoms with van der Waals surface area (Å²) in [4.78, 5) is 25.2. The molecular weight excluding hydrogens is 306 g/mol. The van der Waals surface area contributed by atoms with Crippen LogP contribution in [0.4, 0.5) is 4.79 Å². The van der Waals surface area contributed by atoms with Crippen LogP contribution in [0.25, 0.3) is 0 Å². The van der Waals surface area contributed by atoms with Crippen LogP contribution in [0.15, 0.2) is 36.9 Å². The third-order valence-corrected chi connectivity index (χ3v) is 4.22. The van der Waals surface area contributed by atoms with Gasteiger partial charge in [0.25, 0.3) is 0 Å². The summed E-state index contributed by atoms with van der Waals surface area (Å²) < 4.78 is 4.98. The van der Waals surface area contributed by atoms with Crippen LogP contribution in [-0.4, -0.2) is 41.8 Å². The Bertz CT molecular complexity index is 579. The Balaban J connectivity index is 2.15. The van der Waals surface area contributed by atoms with Crippen molar-refractivity contribution >= 4 is 23.7 Å². The van der Waals surface area contributed by atoms with Crippen LogP contribution < -0.4 is 0 Å². The van der Waals surface area contributed by atoms with Gasteiger partial charge in [0, 0.05) is 18.1 Å². The Morgan fingerprint density at radius 3 is 2.64 bits per heavy atom. The summed E-state index contributed by atoms with van der Waals surface area (Å²) in [5, 5.41) is 10.2. The van der Waals surface area contributed by atoms with Crippen LogP contribution in [-0.2, 0) is 14.9 Å². The van der Waals surface area contributed by atoms with E-state index in [0.717, 1.165) is 0 Å². The topological polar surface area (TPSA) is 66.8 Å². The van der Waals surface area contributed by atoms with Gasteiger partial charge in [-0.15, -0.1) is 0 Å². The summed E-state index contributed by atoms with van der Waals surface area (Å²) in [6.07, 6.45) is 1.71. The molecule has 1 aromatic carbocycles. The molecule has 22 heavy (non-hydrogen) atoms. The molecule has 2 rings (SSSR count). The fourth-order valence-electron chi connectivity index (χ4n) is 2.70. The maximum absolute atomic E-state index is 11.8. The maximum atomic E-state index is 11.8. The Morgan fingerprint density at radius 1 is 1.41 bits per heavy atom. The normalized spacial score (nSPS) is 16.9. The number of carbonyl (C=O) groups excluding carboxylic acids is 1. The molecule has 1 aliphatic rings. The van der Waals surface area contributed by atoms with Crippen molar-refractivity contribution in [1.82, 2.24) is 4.90 Å². The lowest BCUT2D eigenvalue weighted by Crippen LogP contribution is -2.49. The van der Waals surface area contributed by atoms with Gasteiger partial charge in [-0.1, -0.05) is 36.4 Å². The first kappa shape index (κ1) is 16.4. The minimum Gasteiger partial charge on any atom is -0.481 e. The SMILES string of the molecule is C=CCOC(=O)N1CCC(C(=O)O)(c2cccc(Cl)c2)CC1. The molecule has 1 heterocycles. The summed E-state index contributed by atoms with van der Waals surface area (Å²) in [6.45, 7) is 4.29. The third-order valence-electron chi connectivity index (χ3n) is 3.99. The number of benzene rings is 1. The number of hydrogen-bond donors (Lipinski definition) is 1. The number of carbonyl (C=O) groups is 2. The van der Waals surface area contributed by atoms with Gasteiger partial charge in [-0.3, -0.25) is 4.79 Å². The van der Waals surface area contributed by atoms with E-state index in [1.165, 1.54) is 11.0 Å². The van der Waals surface area contributed by atoms with Crippen molar-refractivity contribution in [2.24, 2.45) is 0 Å². The molecular formula is C16H18ClNO4. The lowest BCUT2D eigenvalue weighted by atomic mass is 9.73. The highest BCUT2D eigenvalue weighted by molar-refractivity contribution is 6.30. The standard InChI is InChI=1S/C16H18ClNO4/c1-2-10-22-15(21)18-8-6-16(7-9-18,14(19)20)12-4-3-5-13(17)11-12/h2-5,11H,1,6-10H2,(H,19,20). The summed E-state index contributed by atoms with van der Waals surface area (Å²) in [6, 6.07) is 6.91. The molecule has 1 N–H and O–H groups in total. The highest BCUT2D eigenvalue weighted by Gasteiger charge is 2.44. The molecule has 0 radical (unpaired) electrons. The van der Waals surface area contributed by atoms with Crippen LogP contribution in [0.5, 0.6) is 0 Å². The number of carboxylic acids is 1. The van der Waals surface area contributed by atoms with Gasteiger partial charge >= 0.3 is 12.1 Å². The zero-order valence-electron chi connectivity index (χ0n) is 12.1. The number of rotatable bonds is 4. The van der Waals surface area contributed by atoms with Crippen molar-refractivity contribution in [2.75, 3.05) is 19.7 Å². The molecule has 1 fully saturated rings. The van der Waals surface area contributed by atoms with Gasteiger partial charge in [-0.05, 0) is 30.5 Å². The third kappa shape index (κ3) is 3.25. The highest BCUT2D eigenvalue weighted by Crippen LogP contribution is 2.37. The Morgan fingerprint density at radius 2 is 2.09 bits per heavy atom. The number of piperidine rings is 1. The number of amides is 1. The van der Waals surface area contributed by atoms with Crippen LogP contribution in [0.3, 0.4) is 0 Å². The molecule has 1 aliphatic heterocycles. The van der Waals surface area contributed by atoms with Crippen molar-refractivity contribution in [1.29, 1.82) is 0 Å². The molecule has 5 nitrogen and oxygen atoms in total. The molecule has 0 unspecified atom stereocenters. The van der Waals surface area contributed by atoms with E-state index in [1.54, 1.807) is 24.3 Å². The first-order valence-corrected chi connectivity index (χ1v) is 7.39. The average molecular weight is 324 g/mol. The summed E-state index contributed by atoms with van der Waals surface area (Å²) in [7, 11) is 0. The summed E-state index contributed by atoms with van der Waals surface area (Å²) in [5.41, 5.74) is -0.341. The Hall–Kier alpha value is -2.01. The van der Waals surface area contributed by atoms with Crippen molar-refractivity contribution in [3.05, 3.63) is 47.5 Å². The molecule has 0 spiro atoms. The predicted molar refractivity (Wildman–Crippen MR) is 83.1 cm³/mol. The molecule has 0 saturated carbocycles. The van der Waals surface area contributed by atoms with E-state index in [2.05, 4.69) is 6.58 Å². The first-order chi connectivity index (χ1) is 10.5. The fourth-order valence-corrected chi connectivity index (χ4v) is 2.89. The minimum absolute atomic E-state index is 0.147. The van der Waals surface area contributed by atoms with E-state index in [-0.39, 0.29) is 6.61 Å². The zero-order valence-corrected chi connectivity index (χ0v) is 12.9. The number of aliphatic carboxylic acids is 1. The van der Waals surface area contributed by atoms with Crippen molar-refractivity contribution in [3.8, 4) is 0 Å². The van der Waals surface area contributed by atoms with Crippen molar-refractivity contribution in [3.63, 3.8) is 0 Å². The molecule has 1 amide bonds. The summed E-state index contributed by atoms with van der Waals surface area (Å²) >= 11 is 5.98.